The molecule has 0 saturated heterocycles. The molecule has 0 fully saturated rings. The Morgan fingerprint density at radius 1 is 1.42 bits per heavy atom. The maximum Gasteiger partial charge on any atom is 0.0856 e. The monoisotopic (exact) mass is 163 g/mol. The van der Waals surface area contributed by atoms with Gasteiger partial charge in [0, 0.05) is 4.91 Å². The van der Waals surface area contributed by atoms with E-state index in [4.69, 9.17) is 10.6 Å². The molecule has 0 unspecified atom stereocenters. The molecule has 0 amide bonds. The second-order valence-corrected chi connectivity index (χ2v) is 2.31. The van der Waals surface area contributed by atoms with Crippen molar-refractivity contribution in [2.24, 2.45) is 5.11 Å². The standard InChI is InChI=1S/C8H9N3O/c9-11-10-8(6-12)7-4-2-1-3-5-7/h1-5,8,12H,6H2/t8-/m1/s1. The molecule has 0 aliphatic rings. The van der Waals surface area contributed by atoms with Crippen LogP contribution in [0.4, 0.5) is 0 Å². The number of rotatable bonds is 3. The molecule has 0 aromatic heterocycles. The van der Waals surface area contributed by atoms with Gasteiger partial charge in [0.15, 0.2) is 0 Å². The molecule has 4 heteroatoms. The maximum absolute atomic E-state index is 8.85. The van der Waals surface area contributed by atoms with Crippen LogP contribution in [0.15, 0.2) is 35.4 Å². The van der Waals surface area contributed by atoms with Gasteiger partial charge in [0.1, 0.15) is 0 Å². The van der Waals surface area contributed by atoms with Crippen LogP contribution in [0.5, 0.6) is 0 Å². The number of azide groups is 1. The van der Waals surface area contributed by atoms with E-state index in [9.17, 15) is 0 Å². The summed E-state index contributed by atoms with van der Waals surface area (Å²) in [5.74, 6) is 0. The van der Waals surface area contributed by atoms with Crippen LogP contribution in [0.1, 0.15) is 11.6 Å². The molecular weight excluding hydrogens is 154 g/mol. The fraction of sp³-hybridized carbons (Fsp3) is 0.250. The molecule has 1 N–H and O–H groups in total. The minimum Gasteiger partial charge on any atom is -0.396 e. The van der Waals surface area contributed by atoms with Crippen LogP contribution < -0.4 is 0 Å². The van der Waals surface area contributed by atoms with Crippen LogP contribution in [0.3, 0.4) is 0 Å². The smallest absolute Gasteiger partial charge is 0.0856 e. The molecule has 1 rings (SSSR count). The molecule has 0 saturated carbocycles. The summed E-state index contributed by atoms with van der Waals surface area (Å²) in [6.45, 7) is -0.159. The van der Waals surface area contributed by atoms with Gasteiger partial charge in [0.05, 0.1) is 12.6 Å². The Bertz CT molecular complexity index is 280. The van der Waals surface area contributed by atoms with Crippen molar-refractivity contribution in [2.75, 3.05) is 6.61 Å². The summed E-state index contributed by atoms with van der Waals surface area (Å²) in [4.78, 5) is 2.65. The Kier molecular flexibility index (Phi) is 3.14. The first-order chi connectivity index (χ1) is 5.88. The molecule has 0 bridgehead atoms. The van der Waals surface area contributed by atoms with E-state index in [1.165, 1.54) is 0 Å². The predicted octanol–water partition coefficient (Wildman–Crippen LogP) is 2.03. The highest BCUT2D eigenvalue weighted by atomic mass is 16.3. The van der Waals surface area contributed by atoms with Gasteiger partial charge in [-0.25, -0.2) is 0 Å². The molecule has 12 heavy (non-hydrogen) atoms. The average Bonchev–Trinajstić information content (AvgIpc) is 2.15. The van der Waals surface area contributed by atoms with Crippen LogP contribution in [0.25, 0.3) is 10.4 Å². The topological polar surface area (TPSA) is 69.0 Å². The molecular formula is C8H9N3O. The summed E-state index contributed by atoms with van der Waals surface area (Å²) in [5, 5.41) is 12.3. The van der Waals surface area contributed by atoms with Gasteiger partial charge in [-0.2, -0.15) is 0 Å². The molecule has 1 atom stereocenters. The van der Waals surface area contributed by atoms with E-state index in [1.54, 1.807) is 0 Å². The van der Waals surface area contributed by atoms with Crippen molar-refractivity contribution >= 4 is 0 Å². The van der Waals surface area contributed by atoms with E-state index in [2.05, 4.69) is 10.0 Å². The Morgan fingerprint density at radius 2 is 2.08 bits per heavy atom. The Balaban J connectivity index is 2.87. The number of aliphatic hydroxyl groups excluding tert-OH is 1. The van der Waals surface area contributed by atoms with Crippen molar-refractivity contribution in [3.05, 3.63) is 46.3 Å². The molecule has 0 heterocycles. The molecule has 0 radical (unpaired) electrons. The van der Waals surface area contributed by atoms with Crippen LogP contribution >= 0.6 is 0 Å². The maximum atomic E-state index is 8.85. The highest BCUT2D eigenvalue weighted by Crippen LogP contribution is 2.15. The van der Waals surface area contributed by atoms with Crippen molar-refractivity contribution in [1.82, 2.24) is 0 Å². The Morgan fingerprint density at radius 3 is 2.58 bits per heavy atom. The fourth-order valence-electron chi connectivity index (χ4n) is 0.946. The highest BCUT2D eigenvalue weighted by Gasteiger charge is 2.05. The van der Waals surface area contributed by atoms with Crippen molar-refractivity contribution in [1.29, 1.82) is 0 Å². The summed E-state index contributed by atoms with van der Waals surface area (Å²) in [5.41, 5.74) is 9.01. The molecule has 0 spiro atoms. The van der Waals surface area contributed by atoms with Gasteiger partial charge in [-0.1, -0.05) is 35.4 Å². The summed E-state index contributed by atoms with van der Waals surface area (Å²) >= 11 is 0. The third-order valence-electron chi connectivity index (χ3n) is 1.55. The molecule has 0 aliphatic heterocycles. The predicted molar refractivity (Wildman–Crippen MR) is 45.4 cm³/mol. The molecule has 4 nitrogen and oxygen atoms in total. The second-order valence-electron chi connectivity index (χ2n) is 2.31. The molecule has 62 valence electrons. The zero-order chi connectivity index (χ0) is 8.81. The third-order valence-corrected chi connectivity index (χ3v) is 1.55. The molecule has 1 aromatic carbocycles. The second kappa shape index (κ2) is 4.38. The largest absolute Gasteiger partial charge is 0.396 e. The summed E-state index contributed by atoms with van der Waals surface area (Å²) in [6, 6.07) is 8.71. The number of aliphatic hydroxyl groups is 1. The molecule has 1 aromatic rings. The first-order valence-electron chi connectivity index (χ1n) is 3.58. The normalized spacial score (nSPS) is 11.8. The SMILES string of the molecule is [N-]=[N+]=N[C@H](CO)c1ccccc1. The third kappa shape index (κ3) is 1.99. The summed E-state index contributed by atoms with van der Waals surface area (Å²) in [6.07, 6.45) is 0. The van der Waals surface area contributed by atoms with Gasteiger partial charge in [0.25, 0.3) is 0 Å². The Hall–Kier alpha value is -1.51. The number of hydrogen-bond donors (Lipinski definition) is 1. The van der Waals surface area contributed by atoms with E-state index >= 15 is 0 Å². The van der Waals surface area contributed by atoms with E-state index in [-0.39, 0.29) is 6.61 Å². The van der Waals surface area contributed by atoms with E-state index in [0.717, 1.165) is 5.56 Å². The summed E-state index contributed by atoms with van der Waals surface area (Å²) in [7, 11) is 0. The van der Waals surface area contributed by atoms with Gasteiger partial charge < -0.3 is 5.11 Å². The first-order valence-corrected chi connectivity index (χ1v) is 3.58. The average molecular weight is 163 g/mol. The first kappa shape index (κ1) is 8.59. The number of nitrogens with zero attached hydrogens (tertiary/aromatic N) is 3. The molecule has 0 aliphatic carbocycles. The van der Waals surface area contributed by atoms with Gasteiger partial charge >= 0.3 is 0 Å². The minimum absolute atomic E-state index is 0.159. The van der Waals surface area contributed by atoms with E-state index in [1.807, 2.05) is 30.3 Å². The number of benzene rings is 1. The van der Waals surface area contributed by atoms with Crippen molar-refractivity contribution in [3.63, 3.8) is 0 Å². The van der Waals surface area contributed by atoms with Crippen molar-refractivity contribution in [2.45, 2.75) is 6.04 Å². The van der Waals surface area contributed by atoms with Crippen LogP contribution in [-0.2, 0) is 0 Å². The van der Waals surface area contributed by atoms with Gasteiger partial charge in [-0.05, 0) is 11.1 Å². The lowest BCUT2D eigenvalue weighted by molar-refractivity contribution is 0.268. The van der Waals surface area contributed by atoms with E-state index < -0.39 is 6.04 Å². The van der Waals surface area contributed by atoms with Gasteiger partial charge in [-0.15, -0.1) is 0 Å². The summed E-state index contributed by atoms with van der Waals surface area (Å²) < 4.78 is 0. The van der Waals surface area contributed by atoms with Crippen molar-refractivity contribution in [3.8, 4) is 0 Å². The quantitative estimate of drug-likeness (QED) is 0.413. The van der Waals surface area contributed by atoms with Gasteiger partial charge in [0.2, 0.25) is 0 Å². The van der Waals surface area contributed by atoms with E-state index in [0.29, 0.717) is 0 Å². The zero-order valence-corrected chi connectivity index (χ0v) is 6.46. The van der Waals surface area contributed by atoms with Crippen molar-refractivity contribution < 1.29 is 5.11 Å². The lowest BCUT2D eigenvalue weighted by Gasteiger charge is -2.05. The zero-order valence-electron chi connectivity index (χ0n) is 6.46. The Labute approximate surface area is 70.1 Å². The fourth-order valence-corrected chi connectivity index (χ4v) is 0.946. The van der Waals surface area contributed by atoms with Crippen LogP contribution in [0.2, 0.25) is 0 Å². The van der Waals surface area contributed by atoms with Crippen LogP contribution in [0, 0.1) is 0 Å². The minimum atomic E-state index is -0.462. The highest BCUT2D eigenvalue weighted by molar-refractivity contribution is 5.18. The van der Waals surface area contributed by atoms with Gasteiger partial charge in [-0.3, -0.25) is 0 Å². The lowest BCUT2D eigenvalue weighted by Crippen LogP contribution is -1.98. The lowest BCUT2D eigenvalue weighted by atomic mass is 10.1. The van der Waals surface area contributed by atoms with Crippen LogP contribution in [-0.4, -0.2) is 11.7 Å². The number of hydrogen-bond acceptors (Lipinski definition) is 2.